The van der Waals surface area contributed by atoms with E-state index in [4.69, 9.17) is 0 Å². The van der Waals surface area contributed by atoms with Crippen LogP contribution in [0.5, 0.6) is 0 Å². The van der Waals surface area contributed by atoms with Crippen LogP contribution in [0.3, 0.4) is 0 Å². The quantitative estimate of drug-likeness (QED) is 0.844. The zero-order valence-corrected chi connectivity index (χ0v) is 11.5. The maximum absolute atomic E-state index is 11.4. The molecule has 0 radical (unpaired) electrons. The molecular formula is C13H24O3S. The van der Waals surface area contributed by atoms with Crippen LogP contribution in [0.4, 0.5) is 0 Å². The van der Waals surface area contributed by atoms with Gasteiger partial charge in [-0.25, -0.2) is 8.42 Å². The Labute approximate surface area is 105 Å². The molecule has 0 amide bonds. The van der Waals surface area contributed by atoms with Crippen molar-refractivity contribution in [2.45, 2.75) is 51.6 Å². The molecule has 2 atom stereocenters. The SMILES string of the molecule is CCC1CCC(C(O)C2CCS(=O)(=O)C2)CC1. The molecule has 0 aromatic rings. The van der Waals surface area contributed by atoms with Gasteiger partial charge >= 0.3 is 0 Å². The highest BCUT2D eigenvalue weighted by Gasteiger charge is 2.37. The predicted octanol–water partition coefficient (Wildman–Crippen LogP) is 2.00. The molecule has 1 saturated heterocycles. The first kappa shape index (κ1) is 13.3. The lowest BCUT2D eigenvalue weighted by atomic mass is 9.75. The lowest BCUT2D eigenvalue weighted by Gasteiger charge is -2.33. The van der Waals surface area contributed by atoms with Crippen molar-refractivity contribution in [3.63, 3.8) is 0 Å². The molecule has 1 aliphatic heterocycles. The van der Waals surface area contributed by atoms with E-state index in [0.717, 1.165) is 18.8 Å². The van der Waals surface area contributed by atoms with Gasteiger partial charge in [-0.1, -0.05) is 26.2 Å². The molecular weight excluding hydrogens is 236 g/mol. The van der Waals surface area contributed by atoms with Crippen molar-refractivity contribution < 1.29 is 13.5 Å². The van der Waals surface area contributed by atoms with Crippen LogP contribution in [0.25, 0.3) is 0 Å². The first-order valence-electron chi connectivity index (χ1n) is 6.90. The standard InChI is InChI=1S/C13H24O3S/c1-2-10-3-5-11(6-4-10)13(14)12-7-8-17(15,16)9-12/h10-14H,2-9H2,1H3. The van der Waals surface area contributed by atoms with E-state index < -0.39 is 9.84 Å². The molecule has 0 aromatic heterocycles. The summed E-state index contributed by atoms with van der Waals surface area (Å²) in [5.74, 6) is 1.66. The highest BCUT2D eigenvalue weighted by Crippen LogP contribution is 2.36. The largest absolute Gasteiger partial charge is 0.393 e. The molecule has 0 aromatic carbocycles. The summed E-state index contributed by atoms with van der Waals surface area (Å²) in [6, 6.07) is 0. The van der Waals surface area contributed by atoms with E-state index in [9.17, 15) is 13.5 Å². The summed E-state index contributed by atoms with van der Waals surface area (Å²) in [4.78, 5) is 0. The van der Waals surface area contributed by atoms with Crippen LogP contribution < -0.4 is 0 Å². The maximum atomic E-state index is 11.4. The average Bonchev–Trinajstić information content (AvgIpc) is 2.69. The number of sulfone groups is 1. The van der Waals surface area contributed by atoms with Gasteiger partial charge in [0.2, 0.25) is 0 Å². The van der Waals surface area contributed by atoms with Crippen molar-refractivity contribution in [1.29, 1.82) is 0 Å². The van der Waals surface area contributed by atoms with Crippen molar-refractivity contribution in [3.05, 3.63) is 0 Å². The Morgan fingerprint density at radius 3 is 2.24 bits per heavy atom. The molecule has 2 aliphatic rings. The van der Waals surface area contributed by atoms with Crippen molar-refractivity contribution in [2.75, 3.05) is 11.5 Å². The molecule has 1 heterocycles. The van der Waals surface area contributed by atoms with E-state index in [-0.39, 0.29) is 23.5 Å². The Kier molecular flexibility index (Phi) is 4.14. The van der Waals surface area contributed by atoms with Crippen molar-refractivity contribution in [3.8, 4) is 0 Å². The molecule has 0 spiro atoms. The Morgan fingerprint density at radius 2 is 1.76 bits per heavy atom. The fourth-order valence-corrected chi connectivity index (χ4v) is 5.26. The molecule has 100 valence electrons. The topological polar surface area (TPSA) is 54.4 Å². The number of hydrogen-bond acceptors (Lipinski definition) is 3. The highest BCUT2D eigenvalue weighted by molar-refractivity contribution is 7.91. The van der Waals surface area contributed by atoms with E-state index in [2.05, 4.69) is 6.92 Å². The van der Waals surface area contributed by atoms with Gasteiger partial charge in [0.25, 0.3) is 0 Å². The fraction of sp³-hybridized carbons (Fsp3) is 1.00. The van der Waals surface area contributed by atoms with Crippen LogP contribution in [0, 0.1) is 17.8 Å². The molecule has 2 rings (SSSR count). The first-order chi connectivity index (χ1) is 8.02. The van der Waals surface area contributed by atoms with Crippen LogP contribution in [-0.2, 0) is 9.84 Å². The second kappa shape index (κ2) is 5.27. The second-order valence-corrected chi connectivity index (χ2v) is 8.07. The molecule has 2 fully saturated rings. The van der Waals surface area contributed by atoms with Gasteiger partial charge < -0.3 is 5.11 Å². The molecule has 17 heavy (non-hydrogen) atoms. The zero-order valence-electron chi connectivity index (χ0n) is 10.6. The molecule has 4 heteroatoms. The summed E-state index contributed by atoms with van der Waals surface area (Å²) in [5.41, 5.74) is 0. The Hall–Kier alpha value is -0.0900. The monoisotopic (exact) mass is 260 g/mol. The summed E-state index contributed by atoms with van der Waals surface area (Å²) < 4.78 is 22.8. The Balaban J connectivity index is 1.87. The summed E-state index contributed by atoms with van der Waals surface area (Å²) in [6.45, 7) is 2.23. The highest BCUT2D eigenvalue weighted by atomic mass is 32.2. The molecule has 0 bridgehead atoms. The van der Waals surface area contributed by atoms with Gasteiger partial charge in [-0.2, -0.15) is 0 Å². The third-order valence-electron chi connectivity index (χ3n) is 4.70. The molecule has 1 N–H and O–H groups in total. The maximum Gasteiger partial charge on any atom is 0.150 e. The molecule has 3 nitrogen and oxygen atoms in total. The molecule has 2 unspecified atom stereocenters. The molecule has 1 saturated carbocycles. The predicted molar refractivity (Wildman–Crippen MR) is 68.5 cm³/mol. The third-order valence-corrected chi connectivity index (χ3v) is 6.50. The Bertz CT molecular complexity index is 342. The van der Waals surface area contributed by atoms with Crippen molar-refractivity contribution in [2.24, 2.45) is 17.8 Å². The number of aliphatic hydroxyl groups is 1. The van der Waals surface area contributed by atoms with Gasteiger partial charge in [0.1, 0.15) is 0 Å². The third kappa shape index (κ3) is 3.22. The normalized spacial score (nSPS) is 39.1. The van der Waals surface area contributed by atoms with E-state index in [1.54, 1.807) is 0 Å². The minimum Gasteiger partial charge on any atom is -0.393 e. The van der Waals surface area contributed by atoms with Crippen LogP contribution in [0.2, 0.25) is 0 Å². The zero-order chi connectivity index (χ0) is 12.5. The van der Waals surface area contributed by atoms with Gasteiger partial charge in [0.15, 0.2) is 9.84 Å². The summed E-state index contributed by atoms with van der Waals surface area (Å²) in [7, 11) is -2.85. The summed E-state index contributed by atoms with van der Waals surface area (Å²) in [5, 5.41) is 10.3. The van der Waals surface area contributed by atoms with Gasteiger partial charge in [-0.15, -0.1) is 0 Å². The first-order valence-corrected chi connectivity index (χ1v) is 8.72. The average molecular weight is 260 g/mol. The van der Waals surface area contributed by atoms with Gasteiger partial charge in [0, 0.05) is 0 Å². The molecule has 1 aliphatic carbocycles. The summed E-state index contributed by atoms with van der Waals surface area (Å²) >= 11 is 0. The minimum atomic E-state index is -2.85. The van der Waals surface area contributed by atoms with Crippen LogP contribution >= 0.6 is 0 Å². The van der Waals surface area contributed by atoms with Gasteiger partial charge in [-0.3, -0.25) is 0 Å². The van der Waals surface area contributed by atoms with E-state index in [1.807, 2.05) is 0 Å². The number of hydrogen-bond donors (Lipinski definition) is 1. The van der Waals surface area contributed by atoms with E-state index in [0.29, 0.717) is 12.3 Å². The lowest BCUT2D eigenvalue weighted by Crippen LogP contribution is -2.32. The second-order valence-electron chi connectivity index (χ2n) is 5.84. The van der Waals surface area contributed by atoms with Crippen LogP contribution in [0.15, 0.2) is 0 Å². The van der Waals surface area contributed by atoms with E-state index in [1.165, 1.54) is 19.3 Å². The Morgan fingerprint density at radius 1 is 1.12 bits per heavy atom. The number of aliphatic hydroxyl groups excluding tert-OH is 1. The summed E-state index contributed by atoms with van der Waals surface area (Å²) in [6.07, 6.45) is 6.09. The van der Waals surface area contributed by atoms with E-state index >= 15 is 0 Å². The lowest BCUT2D eigenvalue weighted by molar-refractivity contribution is 0.0341. The van der Waals surface area contributed by atoms with Crippen molar-refractivity contribution in [1.82, 2.24) is 0 Å². The van der Waals surface area contributed by atoms with Crippen molar-refractivity contribution >= 4 is 9.84 Å². The van der Waals surface area contributed by atoms with Crippen LogP contribution in [-0.4, -0.2) is 31.1 Å². The number of rotatable bonds is 3. The fourth-order valence-electron chi connectivity index (χ4n) is 3.42. The van der Waals surface area contributed by atoms with Gasteiger partial charge in [-0.05, 0) is 37.0 Å². The van der Waals surface area contributed by atoms with Gasteiger partial charge in [0.05, 0.1) is 17.6 Å². The minimum absolute atomic E-state index is 0.00294. The van der Waals surface area contributed by atoms with Crippen LogP contribution in [0.1, 0.15) is 45.4 Å². The smallest absolute Gasteiger partial charge is 0.150 e.